The van der Waals surface area contributed by atoms with Crippen LogP contribution in [0.4, 0.5) is 0 Å². The van der Waals surface area contributed by atoms with Crippen molar-refractivity contribution in [2.24, 2.45) is 0 Å². The number of nitrogens with zero attached hydrogens (tertiary/aromatic N) is 2. The van der Waals surface area contributed by atoms with E-state index in [0.717, 1.165) is 43.4 Å². The van der Waals surface area contributed by atoms with Gasteiger partial charge in [0.25, 0.3) is 0 Å². The zero-order chi connectivity index (χ0) is 27.9. The maximum atomic E-state index is 14.4. The highest BCUT2D eigenvalue weighted by molar-refractivity contribution is 5.84. The number of rotatable bonds is 9. The summed E-state index contributed by atoms with van der Waals surface area (Å²) in [5, 5.41) is 5.04. The van der Waals surface area contributed by atoms with Crippen LogP contribution in [0.3, 0.4) is 0 Å². The summed E-state index contributed by atoms with van der Waals surface area (Å²) in [4.78, 5) is 21.1. The summed E-state index contributed by atoms with van der Waals surface area (Å²) in [7, 11) is 0. The van der Waals surface area contributed by atoms with E-state index in [1.807, 2.05) is 36.5 Å². The lowest BCUT2D eigenvalue weighted by molar-refractivity contribution is -0.136. The average molecular weight is 540 g/mol. The van der Waals surface area contributed by atoms with Crippen molar-refractivity contribution in [2.75, 3.05) is 6.54 Å². The molecule has 4 nitrogen and oxygen atoms in total. The summed E-state index contributed by atoms with van der Waals surface area (Å²) in [6.45, 7) is 1.55. The van der Waals surface area contributed by atoms with Gasteiger partial charge in [0.15, 0.2) is 0 Å². The number of hydrogen-bond acceptors (Lipinski definition) is 3. The number of amides is 1. The summed E-state index contributed by atoms with van der Waals surface area (Å²) in [6, 6.07) is 42.2. The number of piperidine rings is 1. The van der Waals surface area contributed by atoms with Gasteiger partial charge in [-0.1, -0.05) is 109 Å². The van der Waals surface area contributed by atoms with E-state index in [9.17, 15) is 4.79 Å². The van der Waals surface area contributed by atoms with Gasteiger partial charge in [0.05, 0.1) is 11.4 Å². The molecule has 1 N–H and O–H groups in total. The van der Waals surface area contributed by atoms with Crippen LogP contribution in [0.15, 0.2) is 128 Å². The van der Waals surface area contributed by atoms with Crippen molar-refractivity contribution in [3.05, 3.63) is 150 Å². The fourth-order valence-corrected chi connectivity index (χ4v) is 6.25. The lowest BCUT2D eigenvalue weighted by Crippen LogP contribution is -2.53. The molecule has 2 heterocycles. The molecular formula is C37H37N3O. The van der Waals surface area contributed by atoms with E-state index in [-0.39, 0.29) is 17.9 Å². The highest BCUT2D eigenvalue weighted by atomic mass is 16.2. The van der Waals surface area contributed by atoms with Gasteiger partial charge in [0, 0.05) is 36.8 Å². The lowest BCUT2D eigenvalue weighted by Gasteiger charge is -2.42. The van der Waals surface area contributed by atoms with Gasteiger partial charge in [0.2, 0.25) is 5.91 Å². The van der Waals surface area contributed by atoms with Crippen molar-refractivity contribution < 1.29 is 4.79 Å². The molecule has 1 aliphatic rings. The summed E-state index contributed by atoms with van der Waals surface area (Å²) in [6.07, 6.45) is 5.32. The maximum absolute atomic E-state index is 14.4. The number of fused-ring (bicyclic) bond motifs is 1. The van der Waals surface area contributed by atoms with Crippen LogP contribution < -0.4 is 5.32 Å². The molecule has 0 aliphatic carbocycles. The normalized spacial score (nSPS) is 17.8. The Hall–Kier alpha value is -4.28. The van der Waals surface area contributed by atoms with Gasteiger partial charge in [-0.2, -0.15) is 0 Å². The van der Waals surface area contributed by atoms with E-state index in [1.165, 1.54) is 22.1 Å². The van der Waals surface area contributed by atoms with Crippen molar-refractivity contribution in [1.29, 1.82) is 0 Å². The van der Waals surface area contributed by atoms with Gasteiger partial charge in [-0.15, -0.1) is 0 Å². The minimum absolute atomic E-state index is 0.132. The van der Waals surface area contributed by atoms with Crippen molar-refractivity contribution in [3.63, 3.8) is 0 Å². The van der Waals surface area contributed by atoms with Gasteiger partial charge < -0.3 is 10.2 Å². The number of para-hydroxylation sites is 1. The minimum atomic E-state index is -0.204. The van der Waals surface area contributed by atoms with E-state index >= 15 is 0 Å². The van der Waals surface area contributed by atoms with Crippen LogP contribution in [0.2, 0.25) is 0 Å². The highest BCUT2D eigenvalue weighted by Gasteiger charge is 2.35. The van der Waals surface area contributed by atoms with E-state index in [1.54, 1.807) is 0 Å². The molecule has 1 aromatic heterocycles. The van der Waals surface area contributed by atoms with Crippen LogP contribution in [-0.4, -0.2) is 34.4 Å². The molecule has 1 amide bonds. The van der Waals surface area contributed by atoms with E-state index in [2.05, 4.69) is 106 Å². The Morgan fingerprint density at radius 2 is 1.46 bits per heavy atom. The smallest absolute Gasteiger partial charge is 0.230 e. The second-order valence-corrected chi connectivity index (χ2v) is 11.1. The van der Waals surface area contributed by atoms with Crippen LogP contribution >= 0.6 is 0 Å². The van der Waals surface area contributed by atoms with E-state index < -0.39 is 0 Å². The molecule has 3 atom stereocenters. The van der Waals surface area contributed by atoms with Crippen molar-refractivity contribution in [2.45, 2.75) is 50.2 Å². The van der Waals surface area contributed by atoms with Crippen LogP contribution in [-0.2, 0) is 24.2 Å². The third-order valence-electron chi connectivity index (χ3n) is 8.42. The summed E-state index contributed by atoms with van der Waals surface area (Å²) in [5.74, 6) is 0.0316. The Morgan fingerprint density at radius 3 is 2.22 bits per heavy atom. The number of pyridine rings is 1. The van der Waals surface area contributed by atoms with Crippen LogP contribution in [0.25, 0.3) is 10.9 Å². The first-order valence-corrected chi connectivity index (χ1v) is 14.7. The fraction of sp³-hybridized carbons (Fsp3) is 0.243. The first-order chi connectivity index (χ1) is 20.2. The Balaban J connectivity index is 1.23. The number of nitrogens with one attached hydrogen (secondary N) is 1. The summed E-state index contributed by atoms with van der Waals surface area (Å²) >= 11 is 0. The number of carbonyl (C=O) groups is 1. The quantitative estimate of drug-likeness (QED) is 0.220. The molecule has 41 heavy (non-hydrogen) atoms. The molecule has 1 saturated heterocycles. The van der Waals surface area contributed by atoms with Crippen molar-refractivity contribution in [1.82, 2.24) is 15.2 Å². The molecule has 0 radical (unpaired) electrons. The van der Waals surface area contributed by atoms with Gasteiger partial charge in [-0.05, 0) is 60.1 Å². The lowest BCUT2D eigenvalue weighted by atomic mass is 9.87. The number of hydrogen-bond donors (Lipinski definition) is 1. The molecule has 0 bridgehead atoms. The summed E-state index contributed by atoms with van der Waals surface area (Å²) < 4.78 is 0. The van der Waals surface area contributed by atoms with Crippen LogP contribution in [0.1, 0.15) is 41.0 Å². The van der Waals surface area contributed by atoms with Crippen molar-refractivity contribution in [3.8, 4) is 0 Å². The van der Waals surface area contributed by atoms with Gasteiger partial charge in [0.1, 0.15) is 0 Å². The Bertz CT molecular complexity index is 1550. The van der Waals surface area contributed by atoms with E-state index in [0.29, 0.717) is 12.5 Å². The predicted octanol–water partition coefficient (Wildman–Crippen LogP) is 6.95. The Labute approximate surface area is 243 Å². The molecule has 1 fully saturated rings. The molecular weight excluding hydrogens is 502 g/mol. The molecule has 0 saturated carbocycles. The number of carbonyl (C=O) groups excluding carboxylic acids is 1. The second kappa shape index (κ2) is 12.9. The third-order valence-corrected chi connectivity index (χ3v) is 8.42. The van der Waals surface area contributed by atoms with Crippen LogP contribution in [0.5, 0.6) is 0 Å². The van der Waals surface area contributed by atoms with Gasteiger partial charge >= 0.3 is 0 Å². The number of aromatic nitrogens is 1. The molecule has 4 aromatic carbocycles. The zero-order valence-electron chi connectivity index (χ0n) is 23.4. The Morgan fingerprint density at radius 1 is 0.805 bits per heavy atom. The molecule has 4 heteroatoms. The largest absolute Gasteiger partial charge is 0.339 e. The van der Waals surface area contributed by atoms with Crippen molar-refractivity contribution >= 4 is 16.8 Å². The molecule has 1 aliphatic heterocycles. The predicted molar refractivity (Wildman–Crippen MR) is 167 cm³/mol. The number of benzene rings is 4. The minimum Gasteiger partial charge on any atom is -0.339 e. The maximum Gasteiger partial charge on any atom is 0.230 e. The third kappa shape index (κ3) is 6.55. The van der Waals surface area contributed by atoms with Gasteiger partial charge in [-0.25, -0.2) is 0 Å². The SMILES string of the molecule is O=C(C(Cc1ccccc1)c1ccccc1)N1CCC(NCc2ccnc3ccccc23)CC1Cc1ccccc1. The topological polar surface area (TPSA) is 45.2 Å². The molecule has 6 rings (SSSR count). The molecule has 0 spiro atoms. The monoisotopic (exact) mass is 539 g/mol. The van der Waals surface area contributed by atoms with Gasteiger partial charge in [-0.3, -0.25) is 9.78 Å². The van der Waals surface area contributed by atoms with Crippen LogP contribution in [0, 0.1) is 0 Å². The first-order valence-electron chi connectivity index (χ1n) is 14.7. The highest BCUT2D eigenvalue weighted by Crippen LogP contribution is 2.29. The standard InChI is InChI=1S/C37H37N3O/c41-37(35(30-16-8-3-9-17-30)25-29-14-6-2-7-15-29)40-23-21-32(26-33(40)24-28-12-4-1-5-13-28)39-27-31-20-22-38-36-19-11-10-18-34(31)36/h1-20,22,32-33,35,39H,21,23-27H2. The van der Waals surface area contributed by atoms with E-state index in [4.69, 9.17) is 0 Å². The number of likely N-dealkylation sites (tertiary alicyclic amines) is 1. The first kappa shape index (κ1) is 26.9. The fourth-order valence-electron chi connectivity index (χ4n) is 6.25. The molecule has 3 unspecified atom stereocenters. The second-order valence-electron chi connectivity index (χ2n) is 11.1. The average Bonchev–Trinajstić information content (AvgIpc) is 3.04. The molecule has 5 aromatic rings. The molecule has 206 valence electrons. The zero-order valence-corrected chi connectivity index (χ0v) is 23.4. The summed E-state index contributed by atoms with van der Waals surface area (Å²) in [5.41, 5.74) is 5.84. The Kier molecular flexibility index (Phi) is 8.49.